The lowest BCUT2D eigenvalue weighted by Crippen LogP contribution is -2.40. The first-order chi connectivity index (χ1) is 8.86. The van der Waals surface area contributed by atoms with Crippen LogP contribution < -0.4 is 5.32 Å². The maximum Gasteiger partial charge on any atom is 0.307 e. The summed E-state index contributed by atoms with van der Waals surface area (Å²) in [5, 5.41) is 21.5. The summed E-state index contributed by atoms with van der Waals surface area (Å²) in [7, 11) is 0. The van der Waals surface area contributed by atoms with Crippen LogP contribution in [0, 0.1) is 23.7 Å². The van der Waals surface area contributed by atoms with Gasteiger partial charge in [0.15, 0.2) is 0 Å². The van der Waals surface area contributed by atoms with Gasteiger partial charge in [-0.05, 0) is 24.7 Å². The Bertz CT molecular complexity index is 329. The molecular formula is C14H25NO4. The van der Waals surface area contributed by atoms with E-state index in [1.54, 1.807) is 0 Å². The van der Waals surface area contributed by atoms with Crippen LogP contribution in [0.5, 0.6) is 0 Å². The second kappa shape index (κ2) is 6.89. The van der Waals surface area contributed by atoms with Gasteiger partial charge in [0.25, 0.3) is 0 Å². The number of carbonyl (C=O) groups is 2. The molecule has 0 aromatic rings. The van der Waals surface area contributed by atoms with Gasteiger partial charge in [0.05, 0.1) is 17.9 Å². The summed E-state index contributed by atoms with van der Waals surface area (Å²) in [6.07, 6.45) is 1.53. The summed E-state index contributed by atoms with van der Waals surface area (Å²) in [5.74, 6) is -1.78. The average molecular weight is 271 g/mol. The van der Waals surface area contributed by atoms with Crippen molar-refractivity contribution < 1.29 is 19.8 Å². The predicted molar refractivity (Wildman–Crippen MR) is 71.5 cm³/mol. The Morgan fingerprint density at radius 3 is 2.32 bits per heavy atom. The van der Waals surface area contributed by atoms with Gasteiger partial charge in [0, 0.05) is 6.54 Å². The number of aliphatic hydroxyl groups is 1. The van der Waals surface area contributed by atoms with Gasteiger partial charge in [-0.3, -0.25) is 9.59 Å². The van der Waals surface area contributed by atoms with Crippen LogP contribution in [0.3, 0.4) is 0 Å². The Kier molecular flexibility index (Phi) is 5.79. The van der Waals surface area contributed by atoms with Crippen molar-refractivity contribution in [3.05, 3.63) is 0 Å². The average Bonchev–Trinajstić information content (AvgIpc) is 2.79. The molecular weight excluding hydrogens is 246 g/mol. The van der Waals surface area contributed by atoms with Crippen molar-refractivity contribution in [3.8, 4) is 0 Å². The molecule has 1 rings (SSSR count). The summed E-state index contributed by atoms with van der Waals surface area (Å²) in [5.41, 5.74) is 0. The second-order valence-corrected chi connectivity index (χ2v) is 5.85. The van der Waals surface area contributed by atoms with Gasteiger partial charge in [0.2, 0.25) is 5.91 Å². The monoisotopic (exact) mass is 271 g/mol. The number of nitrogens with one attached hydrogen (secondary N) is 1. The SMILES string of the molecule is CCC1CC(C(=O)O)C(C(=O)NCC(O)C(C)C)C1. The Balaban J connectivity index is 2.56. The standard InChI is InChI=1S/C14H25NO4/c1-4-9-5-10(11(6-9)14(18)19)13(17)15-7-12(16)8(2)3/h8-12,16H,4-7H2,1-3H3,(H,15,17)(H,18,19). The third-order valence-electron chi connectivity index (χ3n) is 4.15. The molecule has 4 unspecified atom stereocenters. The lowest BCUT2D eigenvalue weighted by molar-refractivity contribution is -0.146. The molecule has 5 heteroatoms. The first kappa shape index (κ1) is 16.0. The van der Waals surface area contributed by atoms with Crippen molar-refractivity contribution >= 4 is 11.9 Å². The fourth-order valence-corrected chi connectivity index (χ4v) is 2.61. The van der Waals surface area contributed by atoms with E-state index in [0.717, 1.165) is 6.42 Å². The Hall–Kier alpha value is -1.10. The van der Waals surface area contributed by atoms with E-state index in [9.17, 15) is 19.8 Å². The molecule has 0 radical (unpaired) electrons. The first-order valence-electron chi connectivity index (χ1n) is 7.05. The van der Waals surface area contributed by atoms with Crippen LogP contribution in [-0.2, 0) is 9.59 Å². The fourth-order valence-electron chi connectivity index (χ4n) is 2.61. The van der Waals surface area contributed by atoms with Crippen LogP contribution in [0.25, 0.3) is 0 Å². The van der Waals surface area contributed by atoms with Crippen LogP contribution >= 0.6 is 0 Å². The fraction of sp³-hybridized carbons (Fsp3) is 0.857. The van der Waals surface area contributed by atoms with Crippen molar-refractivity contribution in [1.82, 2.24) is 5.32 Å². The molecule has 0 aliphatic heterocycles. The van der Waals surface area contributed by atoms with Crippen LogP contribution in [-0.4, -0.2) is 34.7 Å². The highest BCUT2D eigenvalue weighted by Crippen LogP contribution is 2.38. The van der Waals surface area contributed by atoms with Gasteiger partial charge in [-0.25, -0.2) is 0 Å². The Morgan fingerprint density at radius 2 is 1.84 bits per heavy atom. The molecule has 1 aliphatic rings. The molecule has 3 N–H and O–H groups in total. The maximum atomic E-state index is 12.1. The summed E-state index contributed by atoms with van der Waals surface area (Å²) in [6, 6.07) is 0. The van der Waals surface area contributed by atoms with Crippen LogP contribution in [0.15, 0.2) is 0 Å². The number of carboxylic acid groups (broad SMARTS) is 1. The van der Waals surface area contributed by atoms with E-state index in [1.165, 1.54) is 0 Å². The van der Waals surface area contributed by atoms with Gasteiger partial charge >= 0.3 is 5.97 Å². The quantitative estimate of drug-likeness (QED) is 0.678. The predicted octanol–water partition coefficient (Wildman–Crippen LogP) is 1.26. The minimum absolute atomic E-state index is 0.0718. The van der Waals surface area contributed by atoms with E-state index in [-0.39, 0.29) is 18.4 Å². The molecule has 5 nitrogen and oxygen atoms in total. The summed E-state index contributed by atoms with van der Waals surface area (Å²) >= 11 is 0. The molecule has 1 saturated carbocycles. The first-order valence-corrected chi connectivity index (χ1v) is 7.05. The zero-order valence-electron chi connectivity index (χ0n) is 11.9. The number of aliphatic carboxylic acids is 1. The van der Waals surface area contributed by atoms with Crippen molar-refractivity contribution in [2.45, 2.75) is 46.1 Å². The molecule has 0 spiro atoms. The Morgan fingerprint density at radius 1 is 1.26 bits per heavy atom. The zero-order valence-corrected chi connectivity index (χ0v) is 11.9. The summed E-state index contributed by atoms with van der Waals surface area (Å²) < 4.78 is 0. The van der Waals surface area contributed by atoms with Crippen molar-refractivity contribution in [3.63, 3.8) is 0 Å². The third-order valence-corrected chi connectivity index (χ3v) is 4.15. The molecule has 0 aromatic carbocycles. The minimum Gasteiger partial charge on any atom is -0.481 e. The van der Waals surface area contributed by atoms with E-state index >= 15 is 0 Å². The van der Waals surface area contributed by atoms with E-state index in [2.05, 4.69) is 5.32 Å². The third kappa shape index (κ3) is 4.20. The normalized spacial score (nSPS) is 28.4. The lowest BCUT2D eigenvalue weighted by Gasteiger charge is -2.19. The van der Waals surface area contributed by atoms with E-state index in [1.807, 2.05) is 20.8 Å². The van der Waals surface area contributed by atoms with Gasteiger partial charge in [-0.15, -0.1) is 0 Å². The van der Waals surface area contributed by atoms with E-state index in [0.29, 0.717) is 18.8 Å². The smallest absolute Gasteiger partial charge is 0.307 e. The van der Waals surface area contributed by atoms with E-state index in [4.69, 9.17) is 0 Å². The van der Waals surface area contributed by atoms with Gasteiger partial charge in [-0.1, -0.05) is 27.2 Å². The van der Waals surface area contributed by atoms with Crippen molar-refractivity contribution in [1.29, 1.82) is 0 Å². The summed E-state index contributed by atoms with van der Waals surface area (Å²) in [6.45, 7) is 5.96. The van der Waals surface area contributed by atoms with Crippen molar-refractivity contribution in [2.75, 3.05) is 6.54 Å². The highest BCUT2D eigenvalue weighted by atomic mass is 16.4. The van der Waals surface area contributed by atoms with Gasteiger partial charge < -0.3 is 15.5 Å². The molecule has 1 amide bonds. The number of rotatable bonds is 6. The molecule has 1 fully saturated rings. The van der Waals surface area contributed by atoms with Gasteiger partial charge in [0.1, 0.15) is 0 Å². The number of hydrogen-bond donors (Lipinski definition) is 3. The molecule has 0 aromatic heterocycles. The van der Waals surface area contributed by atoms with Gasteiger partial charge in [-0.2, -0.15) is 0 Å². The second-order valence-electron chi connectivity index (χ2n) is 5.85. The summed E-state index contributed by atoms with van der Waals surface area (Å²) in [4.78, 5) is 23.3. The number of carboxylic acids is 1. The maximum absolute atomic E-state index is 12.1. The largest absolute Gasteiger partial charge is 0.481 e. The minimum atomic E-state index is -0.888. The number of carbonyl (C=O) groups excluding carboxylic acids is 1. The molecule has 110 valence electrons. The molecule has 19 heavy (non-hydrogen) atoms. The van der Waals surface area contributed by atoms with Crippen LogP contribution in [0.4, 0.5) is 0 Å². The molecule has 1 aliphatic carbocycles. The topological polar surface area (TPSA) is 86.6 Å². The number of aliphatic hydroxyl groups excluding tert-OH is 1. The number of amides is 1. The van der Waals surface area contributed by atoms with Crippen LogP contribution in [0.2, 0.25) is 0 Å². The highest BCUT2D eigenvalue weighted by molar-refractivity contribution is 5.85. The highest BCUT2D eigenvalue weighted by Gasteiger charge is 2.42. The zero-order chi connectivity index (χ0) is 14.6. The molecule has 0 saturated heterocycles. The lowest BCUT2D eigenvalue weighted by atomic mass is 9.95. The Labute approximate surface area is 114 Å². The molecule has 4 atom stereocenters. The number of hydrogen-bond acceptors (Lipinski definition) is 3. The van der Waals surface area contributed by atoms with Crippen molar-refractivity contribution in [2.24, 2.45) is 23.7 Å². The van der Waals surface area contributed by atoms with Crippen LogP contribution in [0.1, 0.15) is 40.0 Å². The van der Waals surface area contributed by atoms with E-state index < -0.39 is 23.9 Å². The molecule has 0 heterocycles. The molecule has 0 bridgehead atoms.